The predicted molar refractivity (Wildman–Crippen MR) is 113 cm³/mol. The highest BCUT2D eigenvalue weighted by Crippen LogP contribution is 2.24. The van der Waals surface area contributed by atoms with Crippen molar-refractivity contribution in [2.24, 2.45) is 0 Å². The van der Waals surface area contributed by atoms with Crippen molar-refractivity contribution in [3.63, 3.8) is 0 Å². The number of nitrogens with zero attached hydrogens (tertiary/aromatic N) is 1. The molecule has 1 amide bonds. The van der Waals surface area contributed by atoms with Crippen LogP contribution in [0.5, 0.6) is 0 Å². The predicted octanol–water partition coefficient (Wildman–Crippen LogP) is 5.52. The number of fused-ring (bicyclic) bond motifs is 1. The second kappa shape index (κ2) is 7.64. The van der Waals surface area contributed by atoms with Crippen molar-refractivity contribution >= 4 is 35.0 Å². The standard InChI is InChI=1S/C22H19N3O.ClH/c1-14-10-11-19-20(12-14)25-21(24-19)16-7-5-8-17(13-16)23-22(26)18-9-4-3-6-15(18)2;/h3-13H,1-2H3,(H,23,26)(H,24,25);1H. The van der Waals surface area contributed by atoms with Crippen molar-refractivity contribution in [3.8, 4) is 11.4 Å². The summed E-state index contributed by atoms with van der Waals surface area (Å²) in [6.45, 7) is 3.99. The van der Waals surface area contributed by atoms with Gasteiger partial charge in [0.2, 0.25) is 0 Å². The van der Waals surface area contributed by atoms with Gasteiger partial charge in [-0.05, 0) is 55.3 Å². The second-order valence-electron chi connectivity index (χ2n) is 6.46. The van der Waals surface area contributed by atoms with Gasteiger partial charge in [-0.3, -0.25) is 4.79 Å². The second-order valence-corrected chi connectivity index (χ2v) is 6.46. The molecule has 1 heterocycles. The number of imidazole rings is 1. The van der Waals surface area contributed by atoms with Crippen molar-refractivity contribution in [2.45, 2.75) is 13.8 Å². The van der Waals surface area contributed by atoms with E-state index in [9.17, 15) is 4.79 Å². The maximum Gasteiger partial charge on any atom is 0.255 e. The smallest absolute Gasteiger partial charge is 0.255 e. The number of hydrogen-bond donors (Lipinski definition) is 2. The molecule has 0 aliphatic heterocycles. The minimum absolute atomic E-state index is 0. The summed E-state index contributed by atoms with van der Waals surface area (Å²) in [6.07, 6.45) is 0. The fourth-order valence-corrected chi connectivity index (χ4v) is 3.03. The molecule has 1 aromatic heterocycles. The van der Waals surface area contributed by atoms with E-state index >= 15 is 0 Å². The molecule has 2 N–H and O–H groups in total. The van der Waals surface area contributed by atoms with Crippen LogP contribution in [-0.4, -0.2) is 15.9 Å². The molecule has 0 saturated heterocycles. The third-order valence-corrected chi connectivity index (χ3v) is 4.42. The SMILES string of the molecule is Cc1ccc2nc(-c3cccc(NC(=O)c4ccccc4C)c3)[nH]c2c1.Cl. The van der Waals surface area contributed by atoms with E-state index < -0.39 is 0 Å². The summed E-state index contributed by atoms with van der Waals surface area (Å²) in [6, 6.07) is 21.4. The van der Waals surface area contributed by atoms with E-state index in [0.717, 1.165) is 33.7 Å². The summed E-state index contributed by atoms with van der Waals surface area (Å²) in [5.74, 6) is 0.679. The van der Waals surface area contributed by atoms with Crippen molar-refractivity contribution < 1.29 is 4.79 Å². The normalized spacial score (nSPS) is 10.4. The minimum atomic E-state index is -0.111. The number of aryl methyl sites for hydroxylation is 2. The Bertz CT molecular complexity index is 1120. The fourth-order valence-electron chi connectivity index (χ4n) is 3.03. The van der Waals surface area contributed by atoms with Gasteiger partial charge in [0.25, 0.3) is 5.91 Å². The minimum Gasteiger partial charge on any atom is -0.338 e. The highest BCUT2D eigenvalue weighted by atomic mass is 35.5. The molecular weight excluding hydrogens is 358 g/mol. The Morgan fingerprint density at radius 3 is 2.59 bits per heavy atom. The number of rotatable bonds is 3. The van der Waals surface area contributed by atoms with Crippen LogP contribution in [0.3, 0.4) is 0 Å². The quantitative estimate of drug-likeness (QED) is 0.493. The van der Waals surface area contributed by atoms with Crippen molar-refractivity contribution in [1.82, 2.24) is 9.97 Å². The fraction of sp³-hybridized carbons (Fsp3) is 0.0909. The first-order chi connectivity index (χ1) is 12.6. The highest BCUT2D eigenvalue weighted by molar-refractivity contribution is 6.05. The molecule has 136 valence electrons. The lowest BCUT2D eigenvalue weighted by Gasteiger charge is -2.08. The molecule has 0 bridgehead atoms. The van der Waals surface area contributed by atoms with Crippen LogP contribution in [-0.2, 0) is 0 Å². The molecule has 0 saturated carbocycles. The average molecular weight is 378 g/mol. The van der Waals surface area contributed by atoms with Gasteiger partial charge in [0.15, 0.2) is 0 Å². The summed E-state index contributed by atoms with van der Waals surface area (Å²) in [4.78, 5) is 20.5. The van der Waals surface area contributed by atoms with Crippen molar-refractivity contribution in [2.75, 3.05) is 5.32 Å². The summed E-state index contributed by atoms with van der Waals surface area (Å²) in [5, 5.41) is 2.97. The Hall–Kier alpha value is -3.11. The van der Waals surface area contributed by atoms with Crippen LogP contribution in [0, 0.1) is 13.8 Å². The largest absolute Gasteiger partial charge is 0.338 e. The number of hydrogen-bond acceptors (Lipinski definition) is 2. The van der Waals surface area contributed by atoms with E-state index in [1.165, 1.54) is 5.56 Å². The number of benzene rings is 3. The van der Waals surface area contributed by atoms with E-state index in [2.05, 4.69) is 28.3 Å². The molecular formula is C22H20ClN3O. The van der Waals surface area contributed by atoms with Crippen LogP contribution in [0.1, 0.15) is 21.5 Å². The summed E-state index contributed by atoms with van der Waals surface area (Å²) < 4.78 is 0. The maximum absolute atomic E-state index is 12.5. The topological polar surface area (TPSA) is 57.8 Å². The van der Waals surface area contributed by atoms with E-state index in [1.54, 1.807) is 0 Å². The van der Waals surface area contributed by atoms with Gasteiger partial charge >= 0.3 is 0 Å². The van der Waals surface area contributed by atoms with Gasteiger partial charge in [0.05, 0.1) is 11.0 Å². The molecule has 0 spiro atoms. The third kappa shape index (κ3) is 3.86. The number of aromatic nitrogens is 2. The first-order valence-electron chi connectivity index (χ1n) is 8.54. The van der Waals surface area contributed by atoms with Gasteiger partial charge in [0, 0.05) is 16.8 Å². The van der Waals surface area contributed by atoms with Crippen LogP contribution in [0.25, 0.3) is 22.4 Å². The third-order valence-electron chi connectivity index (χ3n) is 4.42. The summed E-state index contributed by atoms with van der Waals surface area (Å²) in [7, 11) is 0. The van der Waals surface area contributed by atoms with Crippen LogP contribution in [0.4, 0.5) is 5.69 Å². The van der Waals surface area contributed by atoms with E-state index in [4.69, 9.17) is 0 Å². The summed E-state index contributed by atoms with van der Waals surface area (Å²) in [5.41, 5.74) is 6.43. The molecule has 4 rings (SSSR count). The van der Waals surface area contributed by atoms with Gasteiger partial charge in [-0.2, -0.15) is 0 Å². The van der Waals surface area contributed by atoms with E-state index in [1.807, 2.05) is 67.6 Å². The number of nitrogens with one attached hydrogen (secondary N) is 2. The average Bonchev–Trinajstić information content (AvgIpc) is 3.05. The van der Waals surface area contributed by atoms with Gasteiger partial charge in [-0.15, -0.1) is 12.4 Å². The lowest BCUT2D eigenvalue weighted by molar-refractivity contribution is 0.102. The highest BCUT2D eigenvalue weighted by Gasteiger charge is 2.10. The Morgan fingerprint density at radius 2 is 1.78 bits per heavy atom. The van der Waals surface area contributed by atoms with Gasteiger partial charge in [-0.1, -0.05) is 36.4 Å². The molecule has 0 fully saturated rings. The zero-order valence-electron chi connectivity index (χ0n) is 15.1. The Labute approximate surface area is 164 Å². The van der Waals surface area contributed by atoms with Crippen molar-refractivity contribution in [1.29, 1.82) is 0 Å². The molecule has 0 unspecified atom stereocenters. The van der Waals surface area contributed by atoms with Crippen LogP contribution < -0.4 is 5.32 Å². The number of aromatic amines is 1. The molecule has 3 aromatic carbocycles. The number of halogens is 1. The first-order valence-corrected chi connectivity index (χ1v) is 8.54. The molecule has 0 atom stereocenters. The molecule has 27 heavy (non-hydrogen) atoms. The van der Waals surface area contributed by atoms with Gasteiger partial charge < -0.3 is 10.3 Å². The molecule has 4 aromatic rings. The monoisotopic (exact) mass is 377 g/mol. The van der Waals surface area contributed by atoms with Crippen molar-refractivity contribution in [3.05, 3.63) is 83.4 Å². The van der Waals surface area contributed by atoms with Gasteiger partial charge in [-0.25, -0.2) is 4.98 Å². The lowest BCUT2D eigenvalue weighted by Crippen LogP contribution is -2.13. The number of H-pyrrole nitrogens is 1. The lowest BCUT2D eigenvalue weighted by atomic mass is 10.1. The number of carbonyl (C=O) groups is 1. The Balaban J connectivity index is 0.00000210. The van der Waals surface area contributed by atoms with Crippen LogP contribution >= 0.6 is 12.4 Å². The zero-order valence-corrected chi connectivity index (χ0v) is 15.9. The number of amides is 1. The number of carbonyl (C=O) groups excluding carboxylic acids is 1. The van der Waals surface area contributed by atoms with Gasteiger partial charge in [0.1, 0.15) is 5.82 Å². The van der Waals surface area contributed by atoms with Crippen LogP contribution in [0.2, 0.25) is 0 Å². The number of anilines is 1. The Morgan fingerprint density at radius 1 is 0.963 bits per heavy atom. The molecule has 0 aliphatic rings. The molecule has 0 radical (unpaired) electrons. The van der Waals surface area contributed by atoms with E-state index in [0.29, 0.717) is 5.56 Å². The first kappa shape index (κ1) is 18.7. The Kier molecular flexibility index (Phi) is 5.28. The summed E-state index contributed by atoms with van der Waals surface area (Å²) >= 11 is 0. The molecule has 4 nitrogen and oxygen atoms in total. The molecule has 0 aliphatic carbocycles. The van der Waals surface area contributed by atoms with E-state index in [-0.39, 0.29) is 18.3 Å². The zero-order chi connectivity index (χ0) is 18.1. The maximum atomic E-state index is 12.5. The molecule has 5 heteroatoms. The van der Waals surface area contributed by atoms with Crippen LogP contribution in [0.15, 0.2) is 66.7 Å².